The minimum Gasteiger partial charge on any atom is -0.398 e. The van der Waals surface area contributed by atoms with E-state index in [1.165, 1.54) is 22.3 Å². The Labute approximate surface area is 91.3 Å². The van der Waals surface area contributed by atoms with Crippen molar-refractivity contribution >= 4 is 11.8 Å². The highest BCUT2D eigenvalue weighted by Crippen LogP contribution is 2.31. The van der Waals surface area contributed by atoms with Crippen LogP contribution < -0.4 is 5.73 Å². The molecular weight excluding hydrogens is 182 g/mol. The molecule has 0 aromatic heterocycles. The molecule has 1 aromatic carbocycles. The summed E-state index contributed by atoms with van der Waals surface area (Å²) in [4.78, 5) is 0. The van der Waals surface area contributed by atoms with Gasteiger partial charge in [-0.1, -0.05) is 31.2 Å². The quantitative estimate of drug-likeness (QED) is 0.690. The number of hydrogen-bond acceptors (Lipinski definition) is 1. The van der Waals surface area contributed by atoms with Crippen LogP contribution in [0.3, 0.4) is 0 Å². The van der Waals surface area contributed by atoms with Gasteiger partial charge in [-0.15, -0.1) is 0 Å². The zero-order valence-electron chi connectivity index (χ0n) is 9.43. The van der Waals surface area contributed by atoms with Crippen LogP contribution >= 0.6 is 0 Å². The maximum Gasteiger partial charge on any atom is 0.0379 e. The third-order valence-corrected chi connectivity index (χ3v) is 3.16. The molecule has 0 unspecified atom stereocenters. The van der Waals surface area contributed by atoms with Gasteiger partial charge >= 0.3 is 0 Å². The molecule has 0 atom stereocenters. The Morgan fingerprint density at radius 2 is 2.13 bits per heavy atom. The predicted molar refractivity (Wildman–Crippen MR) is 66.8 cm³/mol. The zero-order valence-corrected chi connectivity index (χ0v) is 9.43. The fourth-order valence-corrected chi connectivity index (χ4v) is 2.14. The van der Waals surface area contributed by atoms with Crippen molar-refractivity contribution in [3.05, 3.63) is 46.5 Å². The van der Waals surface area contributed by atoms with E-state index < -0.39 is 0 Å². The molecule has 0 heterocycles. The smallest absolute Gasteiger partial charge is 0.0379 e. The second kappa shape index (κ2) is 3.58. The minimum atomic E-state index is 0.936. The topological polar surface area (TPSA) is 26.0 Å². The molecule has 0 amide bonds. The number of benzene rings is 1. The van der Waals surface area contributed by atoms with Crippen molar-refractivity contribution in [1.82, 2.24) is 0 Å². The molecule has 0 spiro atoms. The first-order valence-electron chi connectivity index (χ1n) is 5.40. The SMILES string of the molecule is C=C1C=Cc2cc(CC)c(N)c(C)c2C1. The van der Waals surface area contributed by atoms with E-state index in [1.807, 2.05) is 0 Å². The van der Waals surface area contributed by atoms with Crippen LogP contribution in [0.1, 0.15) is 29.2 Å². The molecule has 78 valence electrons. The summed E-state index contributed by atoms with van der Waals surface area (Å²) >= 11 is 0. The van der Waals surface area contributed by atoms with Crippen molar-refractivity contribution in [3.63, 3.8) is 0 Å². The van der Waals surface area contributed by atoms with Crippen molar-refractivity contribution < 1.29 is 0 Å². The summed E-state index contributed by atoms with van der Waals surface area (Å²) in [5, 5.41) is 0. The summed E-state index contributed by atoms with van der Waals surface area (Å²) < 4.78 is 0. The van der Waals surface area contributed by atoms with E-state index in [0.717, 1.165) is 24.1 Å². The average molecular weight is 199 g/mol. The first-order valence-corrected chi connectivity index (χ1v) is 5.40. The number of nitrogen functional groups attached to an aromatic ring is 1. The van der Waals surface area contributed by atoms with Crippen LogP contribution in [0.4, 0.5) is 5.69 Å². The van der Waals surface area contributed by atoms with Crippen LogP contribution in [0.25, 0.3) is 6.08 Å². The van der Waals surface area contributed by atoms with Gasteiger partial charge in [0.05, 0.1) is 0 Å². The van der Waals surface area contributed by atoms with E-state index in [0.29, 0.717) is 0 Å². The molecule has 1 heteroatoms. The van der Waals surface area contributed by atoms with Crippen LogP contribution in [0, 0.1) is 6.92 Å². The Morgan fingerprint density at radius 1 is 1.40 bits per heavy atom. The van der Waals surface area contributed by atoms with Crippen LogP contribution in [0.2, 0.25) is 0 Å². The molecule has 1 aromatic rings. The van der Waals surface area contributed by atoms with E-state index in [4.69, 9.17) is 5.73 Å². The molecule has 0 aliphatic heterocycles. The van der Waals surface area contributed by atoms with E-state index in [-0.39, 0.29) is 0 Å². The third kappa shape index (κ3) is 1.58. The van der Waals surface area contributed by atoms with Crippen LogP contribution in [-0.2, 0) is 12.8 Å². The summed E-state index contributed by atoms with van der Waals surface area (Å²) in [6, 6.07) is 2.21. The Bertz CT molecular complexity index is 453. The third-order valence-electron chi connectivity index (χ3n) is 3.16. The highest BCUT2D eigenvalue weighted by atomic mass is 14.6. The second-order valence-electron chi connectivity index (χ2n) is 4.16. The molecule has 1 aliphatic rings. The van der Waals surface area contributed by atoms with Gasteiger partial charge in [0.1, 0.15) is 0 Å². The lowest BCUT2D eigenvalue weighted by atomic mass is 9.87. The summed E-state index contributed by atoms with van der Waals surface area (Å²) in [5.74, 6) is 0. The summed E-state index contributed by atoms with van der Waals surface area (Å²) in [6.45, 7) is 8.25. The summed E-state index contributed by atoms with van der Waals surface area (Å²) in [5.41, 5.74) is 13.4. The number of aryl methyl sites for hydroxylation is 1. The fourth-order valence-electron chi connectivity index (χ4n) is 2.14. The van der Waals surface area contributed by atoms with Gasteiger partial charge in [0.15, 0.2) is 0 Å². The normalized spacial score (nSPS) is 14.1. The zero-order chi connectivity index (χ0) is 11.0. The number of nitrogens with two attached hydrogens (primary N) is 1. The molecule has 2 rings (SSSR count). The van der Waals surface area contributed by atoms with Gasteiger partial charge < -0.3 is 5.73 Å². The lowest BCUT2D eigenvalue weighted by molar-refractivity contribution is 1.09. The molecule has 0 radical (unpaired) electrons. The van der Waals surface area contributed by atoms with E-state index in [2.05, 4.69) is 38.6 Å². The molecular formula is C14H17N. The Hall–Kier alpha value is -1.50. The van der Waals surface area contributed by atoms with Gasteiger partial charge in [0.25, 0.3) is 0 Å². The number of hydrogen-bond donors (Lipinski definition) is 1. The van der Waals surface area contributed by atoms with Gasteiger partial charge in [0.2, 0.25) is 0 Å². The Kier molecular flexibility index (Phi) is 2.39. The molecule has 0 saturated carbocycles. The minimum absolute atomic E-state index is 0.936. The molecule has 15 heavy (non-hydrogen) atoms. The van der Waals surface area contributed by atoms with E-state index >= 15 is 0 Å². The van der Waals surface area contributed by atoms with Crippen molar-refractivity contribution in [2.45, 2.75) is 26.7 Å². The Balaban J connectivity index is 2.65. The highest BCUT2D eigenvalue weighted by molar-refractivity contribution is 5.70. The van der Waals surface area contributed by atoms with Crippen molar-refractivity contribution in [2.24, 2.45) is 0 Å². The monoisotopic (exact) mass is 199 g/mol. The standard InChI is InChI=1S/C14H17N/c1-4-11-8-12-6-5-9(2)7-13(12)10(3)14(11)15/h5-6,8H,2,4,7,15H2,1,3H3. The highest BCUT2D eigenvalue weighted by Gasteiger charge is 2.13. The molecule has 1 nitrogen and oxygen atoms in total. The molecule has 1 aliphatic carbocycles. The van der Waals surface area contributed by atoms with Gasteiger partial charge in [-0.05, 0) is 48.1 Å². The number of anilines is 1. The van der Waals surface area contributed by atoms with E-state index in [9.17, 15) is 0 Å². The first-order chi connectivity index (χ1) is 7.13. The number of allylic oxidation sites excluding steroid dienone is 2. The molecule has 0 saturated heterocycles. The van der Waals surface area contributed by atoms with Crippen molar-refractivity contribution in [3.8, 4) is 0 Å². The van der Waals surface area contributed by atoms with Gasteiger partial charge in [0, 0.05) is 5.69 Å². The number of fused-ring (bicyclic) bond motifs is 1. The van der Waals surface area contributed by atoms with Crippen molar-refractivity contribution in [2.75, 3.05) is 5.73 Å². The maximum absolute atomic E-state index is 6.11. The molecule has 2 N–H and O–H groups in total. The molecule has 0 bridgehead atoms. The van der Waals surface area contributed by atoms with Gasteiger partial charge in [-0.2, -0.15) is 0 Å². The summed E-state index contributed by atoms with van der Waals surface area (Å²) in [6.07, 6.45) is 6.17. The van der Waals surface area contributed by atoms with Crippen LogP contribution in [0.5, 0.6) is 0 Å². The van der Waals surface area contributed by atoms with Crippen molar-refractivity contribution in [1.29, 1.82) is 0 Å². The average Bonchev–Trinajstić information content (AvgIpc) is 2.24. The Morgan fingerprint density at radius 3 is 2.80 bits per heavy atom. The maximum atomic E-state index is 6.11. The van der Waals surface area contributed by atoms with Gasteiger partial charge in [-0.3, -0.25) is 0 Å². The van der Waals surface area contributed by atoms with Crippen LogP contribution in [-0.4, -0.2) is 0 Å². The largest absolute Gasteiger partial charge is 0.398 e. The molecule has 0 fully saturated rings. The lowest BCUT2D eigenvalue weighted by Crippen LogP contribution is -2.06. The van der Waals surface area contributed by atoms with E-state index in [1.54, 1.807) is 0 Å². The fraction of sp³-hybridized carbons (Fsp3) is 0.286. The first kappa shape index (κ1) is 10.0. The number of rotatable bonds is 1. The second-order valence-corrected chi connectivity index (χ2v) is 4.16. The summed E-state index contributed by atoms with van der Waals surface area (Å²) in [7, 11) is 0. The van der Waals surface area contributed by atoms with Gasteiger partial charge in [-0.25, -0.2) is 0 Å². The lowest BCUT2D eigenvalue weighted by Gasteiger charge is -2.19. The predicted octanol–water partition coefficient (Wildman–Crippen LogP) is 3.27. The van der Waals surface area contributed by atoms with Crippen LogP contribution in [0.15, 0.2) is 24.3 Å².